The number of fused-ring (bicyclic) bond motifs is 3. The van der Waals surface area contributed by atoms with Crippen LogP contribution in [0.3, 0.4) is 0 Å². The third-order valence-corrected chi connectivity index (χ3v) is 6.91. The first kappa shape index (κ1) is 21.7. The molecule has 8 heteroatoms. The van der Waals surface area contributed by atoms with Gasteiger partial charge in [0.15, 0.2) is 0 Å². The molecule has 1 aromatic heterocycles. The molecule has 2 unspecified atom stereocenters. The van der Waals surface area contributed by atoms with Crippen LogP contribution < -0.4 is 14.8 Å². The van der Waals surface area contributed by atoms with Gasteiger partial charge >= 0.3 is 0 Å². The van der Waals surface area contributed by atoms with E-state index in [1.54, 1.807) is 13.2 Å². The highest BCUT2D eigenvalue weighted by Crippen LogP contribution is 2.51. The number of methoxy groups -OCH3 is 1. The average Bonchev–Trinajstić information content (AvgIpc) is 3.30. The van der Waals surface area contributed by atoms with Crippen LogP contribution in [0.25, 0.3) is 5.70 Å². The lowest BCUT2D eigenvalue weighted by molar-refractivity contribution is 0.222. The minimum atomic E-state index is -0.523. The second kappa shape index (κ2) is 8.46. The summed E-state index contributed by atoms with van der Waals surface area (Å²) >= 11 is 1.48. The Hall–Kier alpha value is -3.78. The van der Waals surface area contributed by atoms with Crippen molar-refractivity contribution in [3.63, 3.8) is 0 Å². The van der Waals surface area contributed by atoms with E-state index >= 15 is 0 Å². The number of thioether (sulfide) groups is 1. The summed E-state index contributed by atoms with van der Waals surface area (Å²) in [5, 5.41) is 8.99. The molecule has 2 atom stereocenters. The number of hydrogen-bond acceptors (Lipinski definition) is 6. The Balaban J connectivity index is 1.63. The molecule has 3 heterocycles. The van der Waals surface area contributed by atoms with Crippen molar-refractivity contribution in [3.05, 3.63) is 100 Å². The molecule has 0 radical (unpaired) electrons. The van der Waals surface area contributed by atoms with E-state index in [1.807, 2.05) is 53.4 Å². The molecule has 176 valence electrons. The van der Waals surface area contributed by atoms with Crippen LogP contribution in [0.5, 0.6) is 11.5 Å². The number of anilines is 1. The smallest absolute Gasteiger partial charge is 0.227 e. The summed E-state index contributed by atoms with van der Waals surface area (Å²) in [5.41, 5.74) is 5.66. The number of nitrogens with one attached hydrogen (secondary N) is 1. The first-order valence-corrected chi connectivity index (χ1v) is 12.5. The number of aryl methyl sites for hydroxylation is 1. The van der Waals surface area contributed by atoms with Crippen LogP contribution in [0.4, 0.5) is 10.3 Å². The lowest BCUT2D eigenvalue weighted by atomic mass is 9.84. The molecule has 0 spiro atoms. The zero-order valence-corrected chi connectivity index (χ0v) is 20.3. The molecule has 0 saturated carbocycles. The van der Waals surface area contributed by atoms with E-state index in [2.05, 4.69) is 18.3 Å². The van der Waals surface area contributed by atoms with Gasteiger partial charge in [-0.25, -0.2) is 9.07 Å². The van der Waals surface area contributed by atoms with Crippen molar-refractivity contribution in [2.45, 2.75) is 24.2 Å². The highest BCUT2D eigenvalue weighted by Gasteiger charge is 2.41. The minimum absolute atomic E-state index is 0.307. The molecule has 2 aliphatic rings. The lowest BCUT2D eigenvalue weighted by Gasteiger charge is -2.39. The van der Waals surface area contributed by atoms with E-state index in [1.165, 1.54) is 23.9 Å². The van der Waals surface area contributed by atoms with Crippen molar-refractivity contribution in [1.29, 1.82) is 0 Å². The van der Waals surface area contributed by atoms with Gasteiger partial charge in [-0.3, -0.25) is 0 Å². The highest BCUT2D eigenvalue weighted by atomic mass is 32.2. The first-order valence-electron chi connectivity index (χ1n) is 11.2. The molecule has 1 N–H and O–H groups in total. The summed E-state index contributed by atoms with van der Waals surface area (Å²) in [7, 11) is 1.65. The first-order chi connectivity index (χ1) is 17.1. The van der Waals surface area contributed by atoms with Crippen LogP contribution in [0.15, 0.2) is 77.5 Å². The van der Waals surface area contributed by atoms with Crippen molar-refractivity contribution >= 4 is 23.4 Å². The van der Waals surface area contributed by atoms with Gasteiger partial charge in [-0.1, -0.05) is 47.7 Å². The van der Waals surface area contributed by atoms with Crippen LogP contribution in [-0.4, -0.2) is 28.1 Å². The minimum Gasteiger partial charge on any atom is -0.497 e. The molecular formula is C27H23FN4O2S. The number of hydrogen-bond donors (Lipinski definition) is 1. The van der Waals surface area contributed by atoms with Gasteiger partial charge in [0.25, 0.3) is 0 Å². The third-order valence-electron chi connectivity index (χ3n) is 6.37. The van der Waals surface area contributed by atoms with Crippen LogP contribution in [0.2, 0.25) is 0 Å². The third kappa shape index (κ3) is 3.65. The number of ether oxygens (including phenoxy) is 2. The Bertz CT molecular complexity index is 1460. The number of benzene rings is 3. The number of rotatable bonds is 4. The standard InChI is InChI=1S/C27H23FN4O2S/c1-15-7-12-21-20(13-15)23-22(25(34-21)17-5-4-6-18(28)14-17)24(16-8-10-19(33-2)11-9-16)32-26(29-23)30-27(31-32)35-3/h4-14,24-25H,1-3H3,(H,29,30,31). The summed E-state index contributed by atoms with van der Waals surface area (Å²) in [6, 6.07) is 20.3. The molecule has 0 fully saturated rings. The van der Waals surface area contributed by atoms with Crippen molar-refractivity contribution in [3.8, 4) is 11.5 Å². The number of nitrogens with zero attached hydrogens (tertiary/aromatic N) is 3. The Morgan fingerprint density at radius 3 is 2.63 bits per heavy atom. The normalized spacial score (nSPS) is 18.2. The van der Waals surface area contributed by atoms with Gasteiger partial charge in [0.05, 0.1) is 12.8 Å². The molecule has 6 rings (SSSR count). The van der Waals surface area contributed by atoms with Gasteiger partial charge in [-0.05, 0) is 60.7 Å². The van der Waals surface area contributed by atoms with E-state index in [0.717, 1.165) is 45.0 Å². The maximum Gasteiger partial charge on any atom is 0.227 e. The van der Waals surface area contributed by atoms with Gasteiger partial charge in [0.2, 0.25) is 11.1 Å². The van der Waals surface area contributed by atoms with Crippen LogP contribution >= 0.6 is 11.8 Å². The van der Waals surface area contributed by atoms with Gasteiger partial charge in [-0.2, -0.15) is 4.98 Å². The van der Waals surface area contributed by atoms with E-state index < -0.39 is 6.10 Å². The molecule has 2 aliphatic heterocycles. The zero-order valence-electron chi connectivity index (χ0n) is 19.4. The largest absolute Gasteiger partial charge is 0.497 e. The molecular weight excluding hydrogens is 463 g/mol. The van der Waals surface area contributed by atoms with Gasteiger partial charge < -0.3 is 14.8 Å². The number of aromatic nitrogens is 3. The highest BCUT2D eigenvalue weighted by molar-refractivity contribution is 7.98. The maximum atomic E-state index is 14.4. The Morgan fingerprint density at radius 1 is 1.06 bits per heavy atom. The summed E-state index contributed by atoms with van der Waals surface area (Å²) in [6.07, 6.45) is 1.43. The summed E-state index contributed by atoms with van der Waals surface area (Å²) in [4.78, 5) is 4.72. The van der Waals surface area contributed by atoms with Gasteiger partial charge in [-0.15, -0.1) is 5.10 Å². The molecule has 4 aromatic rings. The fraction of sp³-hybridized carbons (Fsp3) is 0.185. The van der Waals surface area contributed by atoms with Crippen LogP contribution in [0.1, 0.15) is 34.4 Å². The molecule has 0 saturated heterocycles. The molecule has 3 aromatic carbocycles. The van der Waals surface area contributed by atoms with E-state index in [0.29, 0.717) is 11.1 Å². The molecule has 0 amide bonds. The quantitative estimate of drug-likeness (QED) is 0.356. The zero-order chi connectivity index (χ0) is 24.1. The van der Waals surface area contributed by atoms with Crippen molar-refractivity contribution in [2.75, 3.05) is 18.7 Å². The molecule has 0 aliphatic carbocycles. The topological polar surface area (TPSA) is 61.2 Å². The summed E-state index contributed by atoms with van der Waals surface area (Å²) in [5.74, 6) is 1.85. The van der Waals surface area contributed by atoms with E-state index in [9.17, 15) is 4.39 Å². The fourth-order valence-electron chi connectivity index (χ4n) is 4.76. The van der Waals surface area contributed by atoms with Crippen molar-refractivity contribution in [1.82, 2.24) is 14.8 Å². The lowest BCUT2D eigenvalue weighted by Crippen LogP contribution is -2.32. The van der Waals surface area contributed by atoms with E-state index in [-0.39, 0.29) is 11.9 Å². The Kier molecular flexibility index (Phi) is 5.25. The second-order valence-corrected chi connectivity index (χ2v) is 9.32. The van der Waals surface area contributed by atoms with Crippen LogP contribution in [-0.2, 0) is 0 Å². The Labute approximate surface area is 206 Å². The molecule has 6 nitrogen and oxygen atoms in total. The maximum absolute atomic E-state index is 14.4. The van der Waals surface area contributed by atoms with Crippen LogP contribution in [0, 0.1) is 12.7 Å². The van der Waals surface area contributed by atoms with Gasteiger partial charge in [0, 0.05) is 11.1 Å². The monoisotopic (exact) mass is 486 g/mol. The summed E-state index contributed by atoms with van der Waals surface area (Å²) < 4.78 is 28.2. The summed E-state index contributed by atoms with van der Waals surface area (Å²) in [6.45, 7) is 2.05. The van der Waals surface area contributed by atoms with Crippen molar-refractivity contribution in [2.24, 2.45) is 0 Å². The average molecular weight is 487 g/mol. The predicted octanol–water partition coefficient (Wildman–Crippen LogP) is 6.02. The SMILES string of the molecule is COc1ccc(C2C3=C(Nc4nc(SC)nn42)c2cc(C)ccc2OC3c2cccc(F)c2)cc1. The van der Waals surface area contributed by atoms with Crippen molar-refractivity contribution < 1.29 is 13.9 Å². The molecule has 35 heavy (non-hydrogen) atoms. The molecule has 0 bridgehead atoms. The second-order valence-electron chi connectivity index (χ2n) is 8.55. The fourth-order valence-corrected chi connectivity index (χ4v) is 5.11. The Morgan fingerprint density at radius 2 is 1.89 bits per heavy atom. The number of halogens is 1. The predicted molar refractivity (Wildman–Crippen MR) is 134 cm³/mol. The van der Waals surface area contributed by atoms with Gasteiger partial charge in [0.1, 0.15) is 29.5 Å². The van der Waals surface area contributed by atoms with E-state index in [4.69, 9.17) is 19.6 Å².